The quantitative estimate of drug-likeness (QED) is 0.130. The van der Waals surface area contributed by atoms with Gasteiger partial charge in [-0.2, -0.15) is 15.0 Å². The lowest BCUT2D eigenvalue weighted by Crippen LogP contribution is -2.49. The standard InChI is InChI=1S/C33H58N4OS2/c1-9-11-13-15-17-19-23-39-29-35-28(36-30(37-29)40-24-20-18-16-14-12-10-2)34-26-21-22-33(38,32(6,7)8)27(25-26)31(3,4)5/h21,25,38H,9-20,22-24H2,1-8H3,(H,34,35,36,37). The maximum Gasteiger partial charge on any atom is 0.232 e. The highest BCUT2D eigenvalue weighted by Gasteiger charge is 2.47. The molecular formula is C33H58N4OS2. The van der Waals surface area contributed by atoms with Crippen molar-refractivity contribution >= 4 is 29.5 Å². The van der Waals surface area contributed by atoms with Crippen molar-refractivity contribution in [3.63, 3.8) is 0 Å². The fourth-order valence-corrected chi connectivity index (χ4v) is 6.80. The molecule has 5 nitrogen and oxygen atoms in total. The van der Waals surface area contributed by atoms with Crippen LogP contribution in [-0.4, -0.2) is 37.2 Å². The number of rotatable bonds is 18. The first kappa shape index (κ1) is 35.1. The summed E-state index contributed by atoms with van der Waals surface area (Å²) in [5.74, 6) is 2.67. The molecule has 0 bridgehead atoms. The van der Waals surface area contributed by atoms with Gasteiger partial charge in [-0.05, 0) is 35.3 Å². The van der Waals surface area contributed by atoms with Crippen molar-refractivity contribution in [2.75, 3.05) is 16.8 Å². The van der Waals surface area contributed by atoms with Crippen LogP contribution in [0, 0.1) is 10.8 Å². The number of nitrogens with zero attached hydrogens (tertiary/aromatic N) is 3. The zero-order valence-electron chi connectivity index (χ0n) is 26.9. The SMILES string of the molecule is CCCCCCCCSc1nc(NC2=CCC(O)(C(C)(C)C)C(C(C)(C)C)=C2)nc(SCCCCCCCC)n1. The second kappa shape index (κ2) is 17.2. The lowest BCUT2D eigenvalue weighted by molar-refractivity contribution is -0.0364. The van der Waals surface area contributed by atoms with E-state index >= 15 is 0 Å². The second-order valence-corrected chi connectivity index (χ2v) is 15.5. The van der Waals surface area contributed by atoms with Gasteiger partial charge in [-0.3, -0.25) is 0 Å². The molecule has 1 aromatic heterocycles. The minimum atomic E-state index is -0.897. The van der Waals surface area contributed by atoms with Crippen LogP contribution >= 0.6 is 23.5 Å². The number of aromatic nitrogens is 3. The van der Waals surface area contributed by atoms with Gasteiger partial charge in [0, 0.05) is 23.6 Å². The maximum absolute atomic E-state index is 11.8. The summed E-state index contributed by atoms with van der Waals surface area (Å²) in [4.78, 5) is 14.4. The molecule has 7 heteroatoms. The average Bonchev–Trinajstić information content (AvgIpc) is 2.87. The maximum atomic E-state index is 11.8. The van der Waals surface area contributed by atoms with Crippen LogP contribution < -0.4 is 5.32 Å². The van der Waals surface area contributed by atoms with E-state index in [4.69, 9.17) is 15.0 Å². The monoisotopic (exact) mass is 590 g/mol. The van der Waals surface area contributed by atoms with Gasteiger partial charge in [0.05, 0.1) is 5.60 Å². The molecule has 0 fully saturated rings. The summed E-state index contributed by atoms with van der Waals surface area (Å²) in [5.41, 5.74) is 0.651. The summed E-state index contributed by atoms with van der Waals surface area (Å²) < 4.78 is 0. The molecule has 1 aromatic rings. The topological polar surface area (TPSA) is 70.9 Å². The zero-order valence-corrected chi connectivity index (χ0v) is 28.5. The Kier molecular flexibility index (Phi) is 15.1. The van der Waals surface area contributed by atoms with Gasteiger partial charge in [-0.1, -0.05) is 149 Å². The smallest absolute Gasteiger partial charge is 0.232 e. The van der Waals surface area contributed by atoms with E-state index in [1.807, 2.05) is 0 Å². The van der Waals surface area contributed by atoms with Crippen molar-refractivity contribution < 1.29 is 5.11 Å². The van der Waals surface area contributed by atoms with Crippen molar-refractivity contribution in [3.8, 4) is 0 Å². The minimum Gasteiger partial charge on any atom is -0.385 e. The summed E-state index contributed by atoms with van der Waals surface area (Å²) in [6, 6.07) is 0. The number of aliphatic hydroxyl groups is 1. The van der Waals surface area contributed by atoms with Crippen LogP contribution in [0.5, 0.6) is 0 Å². The highest BCUT2D eigenvalue weighted by Crippen LogP contribution is 2.48. The summed E-state index contributed by atoms with van der Waals surface area (Å²) in [5, 5.41) is 16.9. The van der Waals surface area contributed by atoms with E-state index in [0.717, 1.165) is 33.1 Å². The highest BCUT2D eigenvalue weighted by atomic mass is 32.2. The molecule has 0 saturated carbocycles. The third kappa shape index (κ3) is 11.7. The average molecular weight is 591 g/mol. The van der Waals surface area contributed by atoms with E-state index in [1.165, 1.54) is 77.0 Å². The predicted octanol–water partition coefficient (Wildman–Crippen LogP) is 10.2. The third-order valence-electron chi connectivity index (χ3n) is 7.72. The first-order valence-corrected chi connectivity index (χ1v) is 17.8. The van der Waals surface area contributed by atoms with Crippen LogP contribution in [0.1, 0.15) is 139 Å². The molecule has 2 rings (SSSR count). The first-order valence-electron chi connectivity index (χ1n) is 15.8. The van der Waals surface area contributed by atoms with Gasteiger partial charge >= 0.3 is 0 Å². The van der Waals surface area contributed by atoms with E-state index in [-0.39, 0.29) is 10.8 Å². The molecule has 0 saturated heterocycles. The van der Waals surface area contributed by atoms with Crippen molar-refractivity contribution in [3.05, 3.63) is 23.4 Å². The summed E-state index contributed by atoms with van der Waals surface area (Å²) >= 11 is 3.49. The Bertz CT molecular complexity index is 912. The van der Waals surface area contributed by atoms with E-state index < -0.39 is 5.60 Å². The Morgan fingerprint density at radius 2 is 1.23 bits per heavy atom. The number of anilines is 1. The van der Waals surface area contributed by atoms with Crippen LogP contribution in [0.15, 0.2) is 33.7 Å². The third-order valence-corrected chi connectivity index (χ3v) is 9.59. The van der Waals surface area contributed by atoms with E-state index in [2.05, 4.69) is 72.9 Å². The van der Waals surface area contributed by atoms with Gasteiger partial charge in [0.2, 0.25) is 5.95 Å². The molecule has 1 aliphatic rings. The van der Waals surface area contributed by atoms with Crippen LogP contribution in [0.25, 0.3) is 0 Å². The Labute approximate surface area is 254 Å². The molecule has 1 atom stereocenters. The first-order chi connectivity index (χ1) is 18.9. The van der Waals surface area contributed by atoms with Gasteiger partial charge in [-0.15, -0.1) is 0 Å². The lowest BCUT2D eigenvalue weighted by Gasteiger charge is -2.48. The largest absolute Gasteiger partial charge is 0.385 e. The predicted molar refractivity (Wildman–Crippen MR) is 176 cm³/mol. The Balaban J connectivity index is 2.14. The minimum absolute atomic E-state index is 0.168. The molecule has 228 valence electrons. The van der Waals surface area contributed by atoms with Crippen molar-refractivity contribution in [1.29, 1.82) is 0 Å². The van der Waals surface area contributed by atoms with Crippen molar-refractivity contribution in [2.45, 2.75) is 155 Å². The zero-order chi connectivity index (χ0) is 29.7. The van der Waals surface area contributed by atoms with Crippen LogP contribution in [0.2, 0.25) is 0 Å². The molecule has 0 radical (unpaired) electrons. The fraction of sp³-hybridized carbons (Fsp3) is 0.788. The number of allylic oxidation sites excluding steroid dienone is 1. The Morgan fingerprint density at radius 3 is 1.68 bits per heavy atom. The van der Waals surface area contributed by atoms with Crippen LogP contribution in [0.3, 0.4) is 0 Å². The van der Waals surface area contributed by atoms with E-state index in [0.29, 0.717) is 12.4 Å². The normalized spacial score (nSPS) is 18.0. The molecular weight excluding hydrogens is 533 g/mol. The molecule has 1 aliphatic carbocycles. The van der Waals surface area contributed by atoms with E-state index in [1.54, 1.807) is 23.5 Å². The van der Waals surface area contributed by atoms with Gasteiger partial charge in [-0.25, -0.2) is 0 Å². The van der Waals surface area contributed by atoms with Gasteiger partial charge in [0.15, 0.2) is 10.3 Å². The lowest BCUT2D eigenvalue weighted by atomic mass is 9.62. The number of hydrogen-bond donors (Lipinski definition) is 2. The molecule has 1 unspecified atom stereocenters. The summed E-state index contributed by atoms with van der Waals surface area (Å²) in [7, 11) is 0. The van der Waals surface area contributed by atoms with Gasteiger partial charge in [0.1, 0.15) is 0 Å². The number of hydrogen-bond acceptors (Lipinski definition) is 7. The fourth-order valence-electron chi connectivity index (χ4n) is 5.08. The van der Waals surface area contributed by atoms with Gasteiger partial charge in [0.25, 0.3) is 0 Å². The van der Waals surface area contributed by atoms with Crippen molar-refractivity contribution in [2.24, 2.45) is 10.8 Å². The van der Waals surface area contributed by atoms with Crippen LogP contribution in [-0.2, 0) is 0 Å². The summed E-state index contributed by atoms with van der Waals surface area (Å²) in [6.45, 7) is 17.4. The van der Waals surface area contributed by atoms with Crippen LogP contribution in [0.4, 0.5) is 5.95 Å². The van der Waals surface area contributed by atoms with Gasteiger partial charge < -0.3 is 10.4 Å². The molecule has 0 spiro atoms. The molecule has 1 heterocycles. The van der Waals surface area contributed by atoms with E-state index in [9.17, 15) is 5.11 Å². The number of unbranched alkanes of at least 4 members (excludes halogenated alkanes) is 10. The molecule has 0 aliphatic heterocycles. The number of thioether (sulfide) groups is 2. The Hall–Kier alpha value is -1.05. The molecule has 2 N–H and O–H groups in total. The second-order valence-electron chi connectivity index (χ2n) is 13.4. The van der Waals surface area contributed by atoms with Crippen molar-refractivity contribution in [1.82, 2.24) is 15.0 Å². The Morgan fingerprint density at radius 1 is 0.750 bits per heavy atom. The molecule has 0 amide bonds. The number of nitrogens with one attached hydrogen (secondary N) is 1. The highest BCUT2D eigenvalue weighted by molar-refractivity contribution is 7.99. The summed E-state index contributed by atoms with van der Waals surface area (Å²) in [6.07, 6.45) is 20.2. The molecule has 40 heavy (non-hydrogen) atoms. The molecule has 0 aromatic carbocycles.